The molecular weight excluding hydrogens is 222 g/mol. The first kappa shape index (κ1) is 12.0. The maximum atomic E-state index is 10.8. The molecule has 92 valence electrons. The highest BCUT2D eigenvalue weighted by Gasteiger charge is 2.17. The molecule has 0 bridgehead atoms. The average molecular weight is 237 g/mol. The van der Waals surface area contributed by atoms with Crippen LogP contribution in [0.15, 0.2) is 24.3 Å². The molecule has 0 radical (unpaired) electrons. The van der Waals surface area contributed by atoms with Crippen LogP contribution in [0, 0.1) is 10.1 Å². The van der Waals surface area contributed by atoms with E-state index < -0.39 is 0 Å². The minimum Gasteiger partial charge on any atom is -0.350 e. The maximum Gasteiger partial charge on any atom is 0.272 e. The maximum absolute atomic E-state index is 10.8. The second kappa shape index (κ2) is 5.75. The molecule has 1 heterocycles. The molecule has 1 aromatic carbocycles. The zero-order valence-electron chi connectivity index (χ0n) is 9.50. The molecule has 0 aliphatic carbocycles. The summed E-state index contributed by atoms with van der Waals surface area (Å²) < 4.78 is 10.6. The predicted molar refractivity (Wildman–Crippen MR) is 61.7 cm³/mol. The predicted octanol–water partition coefficient (Wildman–Crippen LogP) is 2.29. The summed E-state index contributed by atoms with van der Waals surface area (Å²) in [6.45, 7) is 1.30. The molecule has 1 aliphatic rings. The highest BCUT2D eigenvalue weighted by atomic mass is 16.7. The first-order valence-corrected chi connectivity index (χ1v) is 5.73. The Labute approximate surface area is 99.5 Å². The van der Waals surface area contributed by atoms with Crippen LogP contribution in [0.3, 0.4) is 0 Å². The fourth-order valence-electron chi connectivity index (χ4n) is 1.93. The third-order valence-electron chi connectivity index (χ3n) is 2.77. The topological polar surface area (TPSA) is 61.6 Å². The summed E-state index contributed by atoms with van der Waals surface area (Å²) in [6, 6.07) is 6.85. The number of nitrogens with zero attached hydrogens (tertiary/aromatic N) is 1. The number of hydrogen-bond donors (Lipinski definition) is 0. The van der Waals surface area contributed by atoms with Gasteiger partial charge in [-0.05, 0) is 19.3 Å². The molecule has 0 N–H and O–H groups in total. The van der Waals surface area contributed by atoms with Gasteiger partial charge in [-0.2, -0.15) is 0 Å². The summed E-state index contributed by atoms with van der Waals surface area (Å²) in [5, 5.41) is 10.8. The summed E-state index contributed by atoms with van der Waals surface area (Å²) in [7, 11) is 0. The van der Waals surface area contributed by atoms with Gasteiger partial charge >= 0.3 is 0 Å². The van der Waals surface area contributed by atoms with Crippen molar-refractivity contribution in [3.63, 3.8) is 0 Å². The van der Waals surface area contributed by atoms with Crippen LogP contribution in [0.4, 0.5) is 5.69 Å². The van der Waals surface area contributed by atoms with Crippen LogP contribution in [0.2, 0.25) is 0 Å². The molecule has 1 fully saturated rings. The number of benzene rings is 1. The summed E-state index contributed by atoms with van der Waals surface area (Å²) in [5.41, 5.74) is 0.969. The fraction of sp³-hybridized carbons (Fsp3) is 0.500. The lowest BCUT2D eigenvalue weighted by molar-refractivity contribution is -0.385. The molecule has 0 atom stereocenters. The monoisotopic (exact) mass is 237 g/mol. The smallest absolute Gasteiger partial charge is 0.272 e. The van der Waals surface area contributed by atoms with Crippen LogP contribution in [0.5, 0.6) is 0 Å². The first-order chi connectivity index (χ1) is 8.27. The van der Waals surface area contributed by atoms with E-state index in [0.717, 1.165) is 18.4 Å². The molecule has 1 aliphatic heterocycles. The van der Waals surface area contributed by atoms with Crippen LogP contribution < -0.4 is 0 Å². The van der Waals surface area contributed by atoms with Crippen LogP contribution in [0.1, 0.15) is 18.4 Å². The Bertz CT molecular complexity index is 388. The Hall–Kier alpha value is -1.46. The van der Waals surface area contributed by atoms with Gasteiger partial charge in [-0.1, -0.05) is 18.2 Å². The van der Waals surface area contributed by atoms with E-state index in [1.807, 2.05) is 6.07 Å². The molecule has 0 spiro atoms. The highest BCUT2D eigenvalue weighted by Crippen LogP contribution is 2.21. The van der Waals surface area contributed by atoms with Gasteiger partial charge in [0.2, 0.25) is 0 Å². The largest absolute Gasteiger partial charge is 0.350 e. The van der Waals surface area contributed by atoms with Crippen LogP contribution >= 0.6 is 0 Å². The fourth-order valence-corrected chi connectivity index (χ4v) is 1.93. The van der Waals surface area contributed by atoms with Crippen molar-refractivity contribution >= 4 is 5.69 Å². The SMILES string of the molecule is O=[N+]([O-])c1ccccc1CCCC1OCCO1. The Kier molecular flexibility index (Phi) is 4.06. The first-order valence-electron chi connectivity index (χ1n) is 5.73. The van der Waals surface area contributed by atoms with Gasteiger partial charge in [0, 0.05) is 11.6 Å². The van der Waals surface area contributed by atoms with Crippen molar-refractivity contribution in [3.8, 4) is 0 Å². The van der Waals surface area contributed by atoms with Crippen LogP contribution in [0.25, 0.3) is 0 Å². The molecule has 0 amide bonds. The second-order valence-electron chi connectivity index (χ2n) is 3.95. The van der Waals surface area contributed by atoms with Crippen LogP contribution in [-0.2, 0) is 15.9 Å². The lowest BCUT2D eigenvalue weighted by atomic mass is 10.1. The zero-order chi connectivity index (χ0) is 12.1. The summed E-state index contributed by atoms with van der Waals surface area (Å²) >= 11 is 0. The average Bonchev–Trinajstić information content (AvgIpc) is 2.82. The van der Waals surface area contributed by atoms with E-state index in [1.165, 1.54) is 6.07 Å². The Morgan fingerprint density at radius 3 is 2.71 bits per heavy atom. The van der Waals surface area contributed by atoms with Crippen molar-refractivity contribution in [3.05, 3.63) is 39.9 Å². The van der Waals surface area contributed by atoms with E-state index in [9.17, 15) is 10.1 Å². The molecule has 0 unspecified atom stereocenters. The van der Waals surface area contributed by atoms with Crippen molar-refractivity contribution in [2.24, 2.45) is 0 Å². The van der Waals surface area contributed by atoms with E-state index in [4.69, 9.17) is 9.47 Å². The standard InChI is InChI=1S/C12H15NO4/c14-13(15)11-6-2-1-4-10(11)5-3-7-12-16-8-9-17-12/h1-2,4,6,12H,3,5,7-9H2. The number of ether oxygens (including phenoxy) is 2. The quantitative estimate of drug-likeness (QED) is 0.582. The van der Waals surface area contributed by atoms with E-state index in [0.29, 0.717) is 19.6 Å². The lowest BCUT2D eigenvalue weighted by Crippen LogP contribution is -2.07. The van der Waals surface area contributed by atoms with Gasteiger partial charge in [-0.25, -0.2) is 0 Å². The Morgan fingerprint density at radius 1 is 1.29 bits per heavy atom. The lowest BCUT2D eigenvalue weighted by Gasteiger charge is -2.08. The van der Waals surface area contributed by atoms with E-state index in [-0.39, 0.29) is 16.9 Å². The van der Waals surface area contributed by atoms with Gasteiger partial charge < -0.3 is 9.47 Å². The normalized spacial score (nSPS) is 16.2. The summed E-state index contributed by atoms with van der Waals surface area (Å²) in [6.07, 6.45) is 2.17. The van der Waals surface area contributed by atoms with Crippen LogP contribution in [-0.4, -0.2) is 24.4 Å². The number of hydrogen-bond acceptors (Lipinski definition) is 4. The molecule has 17 heavy (non-hydrogen) atoms. The number of para-hydroxylation sites is 1. The van der Waals surface area contributed by atoms with Crippen molar-refractivity contribution in [1.29, 1.82) is 0 Å². The van der Waals surface area contributed by atoms with Crippen molar-refractivity contribution < 1.29 is 14.4 Å². The number of nitro benzene ring substituents is 1. The van der Waals surface area contributed by atoms with Crippen molar-refractivity contribution in [2.75, 3.05) is 13.2 Å². The van der Waals surface area contributed by atoms with Gasteiger partial charge in [-0.3, -0.25) is 10.1 Å². The minimum absolute atomic E-state index is 0.127. The van der Waals surface area contributed by atoms with Gasteiger partial charge in [-0.15, -0.1) is 0 Å². The van der Waals surface area contributed by atoms with Crippen molar-refractivity contribution in [1.82, 2.24) is 0 Å². The molecule has 0 aromatic heterocycles. The highest BCUT2D eigenvalue weighted by molar-refractivity contribution is 5.39. The Morgan fingerprint density at radius 2 is 2.00 bits per heavy atom. The van der Waals surface area contributed by atoms with Crippen molar-refractivity contribution in [2.45, 2.75) is 25.6 Å². The van der Waals surface area contributed by atoms with Gasteiger partial charge in [0.15, 0.2) is 6.29 Å². The molecular formula is C12H15NO4. The number of nitro groups is 1. The third kappa shape index (κ3) is 3.25. The minimum atomic E-state index is -0.335. The van der Waals surface area contributed by atoms with Gasteiger partial charge in [0.1, 0.15) is 0 Å². The molecule has 5 nitrogen and oxygen atoms in total. The molecule has 0 saturated carbocycles. The summed E-state index contributed by atoms with van der Waals surface area (Å²) in [5.74, 6) is 0. The van der Waals surface area contributed by atoms with E-state index in [2.05, 4.69) is 0 Å². The molecule has 1 aromatic rings. The van der Waals surface area contributed by atoms with Gasteiger partial charge in [0.05, 0.1) is 18.1 Å². The third-order valence-corrected chi connectivity index (χ3v) is 2.77. The molecule has 1 saturated heterocycles. The van der Waals surface area contributed by atoms with E-state index in [1.54, 1.807) is 12.1 Å². The van der Waals surface area contributed by atoms with E-state index >= 15 is 0 Å². The molecule has 2 rings (SSSR count). The Balaban J connectivity index is 1.87. The summed E-state index contributed by atoms with van der Waals surface area (Å²) in [4.78, 5) is 10.5. The second-order valence-corrected chi connectivity index (χ2v) is 3.95. The molecule has 5 heteroatoms. The number of aryl methyl sites for hydroxylation is 1. The zero-order valence-corrected chi connectivity index (χ0v) is 9.50. The van der Waals surface area contributed by atoms with Gasteiger partial charge in [0.25, 0.3) is 5.69 Å². The number of rotatable bonds is 5.